The molecule has 0 spiro atoms. The Morgan fingerprint density at radius 2 is 2.08 bits per heavy atom. The first-order valence-corrected chi connectivity index (χ1v) is 4.69. The van der Waals surface area contributed by atoms with E-state index >= 15 is 0 Å². The minimum absolute atomic E-state index is 0.337. The van der Waals surface area contributed by atoms with Crippen LogP contribution in [0.15, 0.2) is 0 Å². The molecule has 0 aromatic heterocycles. The Hall–Kier alpha value is -0.120. The maximum atomic E-state index is 5.64. The topological polar surface area (TPSA) is 44.5 Å². The molecule has 0 aromatic rings. The molecule has 72 valence electrons. The third-order valence-corrected chi connectivity index (χ3v) is 2.54. The number of ether oxygens (including phenoxy) is 2. The number of rotatable bonds is 4. The summed E-state index contributed by atoms with van der Waals surface area (Å²) in [6.07, 6.45) is 5.26. The molecule has 3 nitrogen and oxygen atoms in total. The van der Waals surface area contributed by atoms with Crippen LogP contribution in [0.1, 0.15) is 25.7 Å². The van der Waals surface area contributed by atoms with Crippen LogP contribution in [0, 0.1) is 5.92 Å². The van der Waals surface area contributed by atoms with Crippen LogP contribution in [0.25, 0.3) is 0 Å². The zero-order valence-electron chi connectivity index (χ0n) is 7.79. The molecule has 2 atom stereocenters. The van der Waals surface area contributed by atoms with E-state index in [2.05, 4.69) is 0 Å². The lowest BCUT2D eigenvalue weighted by Gasteiger charge is -2.30. The normalized spacial score (nSPS) is 30.5. The Labute approximate surface area is 74.2 Å². The van der Waals surface area contributed by atoms with Gasteiger partial charge in [-0.05, 0) is 25.3 Å². The van der Waals surface area contributed by atoms with Crippen LogP contribution in [0.2, 0.25) is 0 Å². The molecule has 0 radical (unpaired) electrons. The van der Waals surface area contributed by atoms with Crippen LogP contribution >= 0.6 is 0 Å². The average Bonchev–Trinajstić information content (AvgIpc) is 2.15. The molecule has 0 heterocycles. The van der Waals surface area contributed by atoms with Gasteiger partial charge in [0.15, 0.2) is 0 Å². The molecule has 12 heavy (non-hydrogen) atoms. The minimum Gasteiger partial charge on any atom is -0.359 e. The highest BCUT2D eigenvalue weighted by molar-refractivity contribution is 4.76. The molecule has 1 aliphatic carbocycles. The van der Waals surface area contributed by atoms with Crippen molar-refractivity contribution in [2.75, 3.05) is 20.4 Å². The fourth-order valence-electron chi connectivity index (χ4n) is 1.82. The van der Waals surface area contributed by atoms with Crippen LogP contribution in [-0.4, -0.2) is 26.6 Å². The van der Waals surface area contributed by atoms with Crippen LogP contribution < -0.4 is 5.73 Å². The Morgan fingerprint density at radius 1 is 1.33 bits per heavy atom. The lowest BCUT2D eigenvalue weighted by atomic mass is 9.86. The molecule has 1 rings (SSSR count). The maximum Gasteiger partial charge on any atom is 0.146 e. The van der Waals surface area contributed by atoms with E-state index < -0.39 is 0 Å². The SMILES string of the molecule is COCO[C@H]1CCCC[C@@H]1CN. The molecule has 0 saturated heterocycles. The lowest BCUT2D eigenvalue weighted by Crippen LogP contribution is -2.33. The van der Waals surface area contributed by atoms with Crippen molar-refractivity contribution in [2.24, 2.45) is 11.7 Å². The second kappa shape index (κ2) is 5.51. The van der Waals surface area contributed by atoms with Gasteiger partial charge in [0.1, 0.15) is 6.79 Å². The van der Waals surface area contributed by atoms with Gasteiger partial charge in [-0.25, -0.2) is 0 Å². The quantitative estimate of drug-likeness (QED) is 0.648. The van der Waals surface area contributed by atoms with Crippen molar-refractivity contribution < 1.29 is 9.47 Å². The fourth-order valence-corrected chi connectivity index (χ4v) is 1.82. The van der Waals surface area contributed by atoms with Crippen molar-refractivity contribution in [3.05, 3.63) is 0 Å². The molecular weight excluding hydrogens is 154 g/mol. The van der Waals surface area contributed by atoms with E-state index in [1.165, 1.54) is 19.3 Å². The number of hydrogen-bond acceptors (Lipinski definition) is 3. The van der Waals surface area contributed by atoms with Crippen LogP contribution in [0.3, 0.4) is 0 Å². The lowest BCUT2D eigenvalue weighted by molar-refractivity contribution is -0.100. The predicted octanol–water partition coefficient (Wildman–Crippen LogP) is 1.12. The van der Waals surface area contributed by atoms with Gasteiger partial charge in [-0.15, -0.1) is 0 Å². The van der Waals surface area contributed by atoms with Crippen molar-refractivity contribution in [1.29, 1.82) is 0 Å². The first-order chi connectivity index (χ1) is 5.88. The Bertz CT molecular complexity index is 119. The summed E-state index contributed by atoms with van der Waals surface area (Å²) < 4.78 is 10.4. The van der Waals surface area contributed by atoms with E-state index in [0.717, 1.165) is 13.0 Å². The first kappa shape index (κ1) is 9.96. The van der Waals surface area contributed by atoms with Crippen molar-refractivity contribution in [3.8, 4) is 0 Å². The summed E-state index contributed by atoms with van der Waals surface area (Å²) in [4.78, 5) is 0. The van der Waals surface area contributed by atoms with Crippen molar-refractivity contribution in [1.82, 2.24) is 0 Å². The molecule has 0 aromatic carbocycles. The number of nitrogens with two attached hydrogens (primary N) is 1. The summed E-state index contributed by atoms with van der Waals surface area (Å²) in [5.74, 6) is 0.550. The highest BCUT2D eigenvalue weighted by Crippen LogP contribution is 2.25. The van der Waals surface area contributed by atoms with Gasteiger partial charge >= 0.3 is 0 Å². The molecule has 3 heteroatoms. The number of hydrogen-bond donors (Lipinski definition) is 1. The summed E-state index contributed by atoms with van der Waals surface area (Å²) in [5.41, 5.74) is 5.64. The van der Waals surface area contributed by atoms with E-state index in [0.29, 0.717) is 18.8 Å². The molecule has 1 aliphatic rings. The van der Waals surface area contributed by atoms with E-state index in [1.807, 2.05) is 0 Å². The molecule has 0 amide bonds. The third-order valence-electron chi connectivity index (χ3n) is 2.54. The molecule has 2 N–H and O–H groups in total. The standard InChI is InChI=1S/C9H19NO2/c1-11-7-12-9-5-3-2-4-8(9)6-10/h8-9H,2-7,10H2,1H3/t8-,9+/m1/s1. The average molecular weight is 173 g/mol. The minimum atomic E-state index is 0.337. The third kappa shape index (κ3) is 2.73. The monoisotopic (exact) mass is 173 g/mol. The predicted molar refractivity (Wildman–Crippen MR) is 47.8 cm³/mol. The second-order valence-electron chi connectivity index (χ2n) is 3.39. The van der Waals surface area contributed by atoms with Crippen molar-refractivity contribution >= 4 is 0 Å². The Kier molecular flexibility index (Phi) is 4.58. The smallest absolute Gasteiger partial charge is 0.146 e. The van der Waals surface area contributed by atoms with E-state index in [1.54, 1.807) is 7.11 Å². The largest absolute Gasteiger partial charge is 0.359 e. The molecule has 0 aliphatic heterocycles. The van der Waals surface area contributed by atoms with Gasteiger partial charge in [-0.1, -0.05) is 12.8 Å². The zero-order chi connectivity index (χ0) is 8.81. The van der Waals surface area contributed by atoms with E-state index in [4.69, 9.17) is 15.2 Å². The first-order valence-electron chi connectivity index (χ1n) is 4.69. The van der Waals surface area contributed by atoms with Crippen LogP contribution in [-0.2, 0) is 9.47 Å². The molecule has 0 unspecified atom stereocenters. The van der Waals surface area contributed by atoms with E-state index in [9.17, 15) is 0 Å². The highest BCUT2D eigenvalue weighted by atomic mass is 16.7. The Balaban J connectivity index is 2.26. The van der Waals surface area contributed by atoms with Crippen LogP contribution in [0.4, 0.5) is 0 Å². The highest BCUT2D eigenvalue weighted by Gasteiger charge is 2.24. The fraction of sp³-hybridized carbons (Fsp3) is 1.00. The molecule has 0 bridgehead atoms. The molecular formula is C9H19NO2. The molecule has 1 saturated carbocycles. The van der Waals surface area contributed by atoms with Gasteiger partial charge in [0.05, 0.1) is 6.10 Å². The van der Waals surface area contributed by atoms with Gasteiger partial charge in [0, 0.05) is 7.11 Å². The number of methoxy groups -OCH3 is 1. The van der Waals surface area contributed by atoms with Crippen molar-refractivity contribution in [3.63, 3.8) is 0 Å². The van der Waals surface area contributed by atoms with Gasteiger partial charge in [-0.2, -0.15) is 0 Å². The summed E-state index contributed by atoms with van der Waals surface area (Å²) in [5, 5.41) is 0. The van der Waals surface area contributed by atoms with Gasteiger partial charge in [-0.3, -0.25) is 0 Å². The molecule has 1 fully saturated rings. The summed E-state index contributed by atoms with van der Waals surface area (Å²) in [6.45, 7) is 1.15. The maximum absolute atomic E-state index is 5.64. The van der Waals surface area contributed by atoms with Gasteiger partial charge in [0.2, 0.25) is 0 Å². The van der Waals surface area contributed by atoms with Crippen molar-refractivity contribution in [2.45, 2.75) is 31.8 Å². The van der Waals surface area contributed by atoms with Gasteiger partial charge < -0.3 is 15.2 Å². The van der Waals surface area contributed by atoms with Crippen LogP contribution in [0.5, 0.6) is 0 Å². The summed E-state index contributed by atoms with van der Waals surface area (Å²) in [6, 6.07) is 0. The summed E-state index contributed by atoms with van der Waals surface area (Å²) >= 11 is 0. The summed E-state index contributed by atoms with van der Waals surface area (Å²) in [7, 11) is 1.65. The second-order valence-corrected chi connectivity index (χ2v) is 3.39. The zero-order valence-corrected chi connectivity index (χ0v) is 7.79. The Morgan fingerprint density at radius 3 is 2.75 bits per heavy atom. The van der Waals surface area contributed by atoms with E-state index in [-0.39, 0.29) is 0 Å². The van der Waals surface area contributed by atoms with Gasteiger partial charge in [0.25, 0.3) is 0 Å².